The second kappa shape index (κ2) is 9.74. The van der Waals surface area contributed by atoms with Crippen molar-refractivity contribution in [2.75, 3.05) is 13.2 Å². The van der Waals surface area contributed by atoms with Crippen LogP contribution in [0.1, 0.15) is 5.56 Å². The molecule has 0 fully saturated rings. The second-order valence-corrected chi connectivity index (χ2v) is 7.92. The minimum Gasteiger partial charge on any atom is -0.487 e. The smallest absolute Gasteiger partial charge is 0.347 e. The Kier molecular flexibility index (Phi) is 7.82. The van der Waals surface area contributed by atoms with E-state index >= 15 is 0 Å². The summed E-state index contributed by atoms with van der Waals surface area (Å²) < 4.78 is 163. The lowest BCUT2D eigenvalue weighted by Gasteiger charge is -2.29. The molecule has 0 spiro atoms. The Morgan fingerprint density at radius 3 is 1.88 bits per heavy atom. The van der Waals surface area contributed by atoms with Crippen LogP contribution in [0.4, 0.5) is 39.5 Å². The normalized spacial score (nSPS) is 13.5. The summed E-state index contributed by atoms with van der Waals surface area (Å²) in [4.78, 5) is -2.47. The number of hydrogen-bond acceptors (Lipinski definition) is 4. The molecule has 0 saturated heterocycles. The molecular formula is C19H13F9O5S. The van der Waals surface area contributed by atoms with Crippen LogP contribution in [-0.4, -0.2) is 44.2 Å². The van der Waals surface area contributed by atoms with Gasteiger partial charge in [-0.2, -0.15) is 34.8 Å². The summed E-state index contributed by atoms with van der Waals surface area (Å²) in [6, 6.07) is 4.95. The van der Waals surface area contributed by atoms with Crippen molar-refractivity contribution in [3.8, 4) is 11.5 Å². The Morgan fingerprint density at radius 1 is 0.941 bits per heavy atom. The molecule has 2 aromatic rings. The van der Waals surface area contributed by atoms with Gasteiger partial charge in [-0.25, -0.2) is 13.2 Å². The molecule has 1 unspecified atom stereocenters. The van der Waals surface area contributed by atoms with E-state index in [0.29, 0.717) is 5.56 Å². The standard InChI is InChI=1S/C19H13F9O5S/c1-2-9-3-5-10(6-4-9)33-8-18(25,26)19(27,28)11(20)7-32-16-12(21)14(23)17(34(29,30)31)15(24)13(16)22/h2-6,11H,1,7-8H2,(H,29,30,31). The molecule has 1 atom stereocenters. The Balaban J connectivity index is 2.19. The molecule has 0 amide bonds. The third-order valence-corrected chi connectivity index (χ3v) is 5.11. The number of rotatable bonds is 10. The van der Waals surface area contributed by atoms with Crippen LogP contribution in [0.5, 0.6) is 11.5 Å². The van der Waals surface area contributed by atoms with E-state index in [1.54, 1.807) is 0 Å². The SMILES string of the molecule is C=Cc1ccc(OCC(F)(F)C(F)(F)C(F)COc2c(F)c(F)c(S(=O)(=O)O)c(F)c2F)cc1. The molecule has 0 radical (unpaired) electrons. The first-order valence-corrected chi connectivity index (χ1v) is 10.2. The maximum Gasteiger partial charge on any atom is 0.347 e. The van der Waals surface area contributed by atoms with Gasteiger partial charge >= 0.3 is 22.0 Å². The minimum absolute atomic E-state index is 0.290. The van der Waals surface area contributed by atoms with Gasteiger partial charge in [-0.1, -0.05) is 24.8 Å². The second-order valence-electron chi connectivity index (χ2n) is 6.56. The van der Waals surface area contributed by atoms with Crippen molar-refractivity contribution in [2.45, 2.75) is 22.9 Å². The van der Waals surface area contributed by atoms with Gasteiger partial charge in [0.1, 0.15) is 12.4 Å². The zero-order chi connectivity index (χ0) is 26.1. The van der Waals surface area contributed by atoms with Crippen LogP contribution < -0.4 is 9.47 Å². The molecule has 0 aliphatic heterocycles. The monoisotopic (exact) mass is 524 g/mol. The molecule has 0 aliphatic rings. The molecule has 0 aliphatic carbocycles. The molecule has 0 aromatic heterocycles. The Morgan fingerprint density at radius 2 is 1.44 bits per heavy atom. The van der Waals surface area contributed by atoms with Gasteiger partial charge < -0.3 is 9.47 Å². The molecule has 15 heteroatoms. The maximum absolute atomic E-state index is 14.0. The van der Waals surface area contributed by atoms with E-state index < -0.39 is 75.3 Å². The van der Waals surface area contributed by atoms with Crippen LogP contribution in [0, 0.1) is 23.3 Å². The fraction of sp³-hybridized carbons (Fsp3) is 0.263. The van der Waals surface area contributed by atoms with Gasteiger partial charge in [-0.3, -0.25) is 4.55 Å². The molecule has 1 N–H and O–H groups in total. The number of ether oxygens (including phenoxy) is 2. The van der Waals surface area contributed by atoms with Crippen molar-refractivity contribution in [1.82, 2.24) is 0 Å². The van der Waals surface area contributed by atoms with Gasteiger partial charge in [0.2, 0.25) is 17.8 Å². The molecule has 2 rings (SSSR count). The van der Waals surface area contributed by atoms with E-state index in [4.69, 9.17) is 4.55 Å². The van der Waals surface area contributed by atoms with Crippen molar-refractivity contribution < 1.29 is 62.0 Å². The maximum atomic E-state index is 14.0. The van der Waals surface area contributed by atoms with E-state index in [2.05, 4.69) is 16.1 Å². The van der Waals surface area contributed by atoms with Gasteiger partial charge in [0.05, 0.1) is 0 Å². The third-order valence-electron chi connectivity index (χ3n) is 4.23. The largest absolute Gasteiger partial charge is 0.487 e. The van der Waals surface area contributed by atoms with Crippen LogP contribution >= 0.6 is 0 Å². The molecule has 0 heterocycles. The van der Waals surface area contributed by atoms with E-state index in [1.807, 2.05) is 0 Å². The highest BCUT2D eigenvalue weighted by Crippen LogP contribution is 2.40. The molecule has 5 nitrogen and oxygen atoms in total. The highest BCUT2D eigenvalue weighted by molar-refractivity contribution is 7.85. The summed E-state index contributed by atoms with van der Waals surface area (Å²) in [6.45, 7) is -0.848. The highest BCUT2D eigenvalue weighted by atomic mass is 32.2. The fourth-order valence-corrected chi connectivity index (χ4v) is 3.04. The van der Waals surface area contributed by atoms with Gasteiger partial charge in [0.25, 0.3) is 0 Å². The predicted octanol–water partition coefficient (Wildman–Crippen LogP) is 5.20. The average molecular weight is 524 g/mol. The van der Waals surface area contributed by atoms with Crippen molar-refractivity contribution in [1.29, 1.82) is 0 Å². The Labute approximate surface area is 186 Å². The fourth-order valence-electron chi connectivity index (χ4n) is 2.41. The Hall–Kier alpha value is -2.94. The minimum atomic E-state index is -5.83. The molecule has 34 heavy (non-hydrogen) atoms. The van der Waals surface area contributed by atoms with Crippen molar-refractivity contribution in [2.24, 2.45) is 0 Å². The number of benzene rings is 2. The van der Waals surface area contributed by atoms with Gasteiger partial charge in [-0.15, -0.1) is 0 Å². The van der Waals surface area contributed by atoms with Gasteiger partial charge in [0.15, 0.2) is 28.9 Å². The summed E-state index contributed by atoms with van der Waals surface area (Å²) >= 11 is 0. The van der Waals surface area contributed by atoms with Crippen molar-refractivity contribution in [3.63, 3.8) is 0 Å². The molecule has 188 valence electrons. The van der Waals surface area contributed by atoms with Crippen LogP contribution in [0.25, 0.3) is 6.08 Å². The van der Waals surface area contributed by atoms with Gasteiger partial charge in [-0.05, 0) is 17.7 Å². The summed E-state index contributed by atoms with van der Waals surface area (Å²) in [5.74, 6) is -24.0. The summed E-state index contributed by atoms with van der Waals surface area (Å²) in [7, 11) is -5.83. The zero-order valence-corrected chi connectivity index (χ0v) is 17.3. The van der Waals surface area contributed by atoms with Crippen molar-refractivity contribution in [3.05, 3.63) is 59.7 Å². The Bertz CT molecular complexity index is 1140. The molecule has 2 aromatic carbocycles. The molecule has 0 saturated carbocycles. The quantitative estimate of drug-likeness (QED) is 0.263. The first kappa shape index (κ1) is 27.3. The van der Waals surface area contributed by atoms with Crippen LogP contribution in [0.15, 0.2) is 35.7 Å². The summed E-state index contributed by atoms with van der Waals surface area (Å²) in [5.41, 5.74) is 0.544. The average Bonchev–Trinajstić information content (AvgIpc) is 2.75. The van der Waals surface area contributed by atoms with Crippen LogP contribution in [-0.2, 0) is 10.1 Å². The zero-order valence-electron chi connectivity index (χ0n) is 16.5. The number of halogens is 9. The molecular weight excluding hydrogens is 511 g/mol. The predicted molar refractivity (Wildman–Crippen MR) is 98.4 cm³/mol. The van der Waals surface area contributed by atoms with E-state index in [-0.39, 0.29) is 5.75 Å². The number of hydrogen-bond donors (Lipinski definition) is 1. The van der Waals surface area contributed by atoms with Crippen LogP contribution in [0.2, 0.25) is 0 Å². The lowest BCUT2D eigenvalue weighted by atomic mass is 10.1. The summed E-state index contributed by atoms with van der Waals surface area (Å²) in [6.07, 6.45) is -2.60. The van der Waals surface area contributed by atoms with Gasteiger partial charge in [0, 0.05) is 0 Å². The lowest BCUT2D eigenvalue weighted by molar-refractivity contribution is -0.252. The van der Waals surface area contributed by atoms with Crippen molar-refractivity contribution >= 4 is 16.2 Å². The third kappa shape index (κ3) is 5.41. The first-order chi connectivity index (χ1) is 15.5. The first-order valence-electron chi connectivity index (χ1n) is 8.75. The lowest BCUT2D eigenvalue weighted by Crippen LogP contribution is -2.53. The topological polar surface area (TPSA) is 72.8 Å². The molecule has 0 bridgehead atoms. The summed E-state index contributed by atoms with van der Waals surface area (Å²) in [5, 5.41) is 0. The van der Waals surface area contributed by atoms with Crippen LogP contribution in [0.3, 0.4) is 0 Å². The number of alkyl halides is 5. The highest BCUT2D eigenvalue weighted by Gasteiger charge is 2.62. The van der Waals surface area contributed by atoms with E-state index in [9.17, 15) is 47.9 Å². The van der Waals surface area contributed by atoms with E-state index in [0.717, 1.165) is 12.1 Å². The van der Waals surface area contributed by atoms with E-state index in [1.165, 1.54) is 18.2 Å².